The highest BCUT2D eigenvalue weighted by Crippen LogP contribution is 2.19. The van der Waals surface area contributed by atoms with Gasteiger partial charge < -0.3 is 0 Å². The molecule has 1 aromatic rings. The number of allylic oxidation sites excluding steroid dienone is 2. The van der Waals surface area contributed by atoms with Gasteiger partial charge in [-0.3, -0.25) is 4.79 Å². The molecule has 0 unspecified atom stereocenters. The van der Waals surface area contributed by atoms with Crippen LogP contribution in [0.2, 0.25) is 0 Å². The van der Waals surface area contributed by atoms with Gasteiger partial charge >= 0.3 is 0 Å². The summed E-state index contributed by atoms with van der Waals surface area (Å²) in [6.07, 6.45) is 3.39. The molecular weight excluding hydrogens is 179 g/mol. The summed E-state index contributed by atoms with van der Waals surface area (Å²) >= 11 is 0. The van der Waals surface area contributed by atoms with Crippen LogP contribution < -0.4 is 0 Å². The molecule has 0 aliphatic rings. The van der Waals surface area contributed by atoms with Gasteiger partial charge in [-0.25, -0.2) is 4.39 Å². The minimum Gasteiger partial charge on any atom is -0.298 e. The molecular formula is C12H13FO. The number of rotatable bonds is 3. The van der Waals surface area contributed by atoms with Gasteiger partial charge in [-0.15, -0.1) is 0 Å². The number of hydrogen-bond donors (Lipinski definition) is 0. The van der Waals surface area contributed by atoms with E-state index in [0.29, 0.717) is 6.29 Å². The molecule has 0 amide bonds. The maximum absolute atomic E-state index is 13.0. The van der Waals surface area contributed by atoms with Crippen molar-refractivity contribution in [3.05, 3.63) is 41.2 Å². The van der Waals surface area contributed by atoms with Crippen molar-refractivity contribution >= 4 is 11.9 Å². The number of halogens is 1. The SMILES string of the molecule is C/C=C(\CC)c1ccc(F)c(C=O)c1. The van der Waals surface area contributed by atoms with E-state index in [4.69, 9.17) is 0 Å². The molecule has 2 heteroatoms. The largest absolute Gasteiger partial charge is 0.298 e. The van der Waals surface area contributed by atoms with Crippen LogP contribution in [0.5, 0.6) is 0 Å². The molecule has 0 N–H and O–H groups in total. The van der Waals surface area contributed by atoms with E-state index in [1.54, 1.807) is 12.1 Å². The van der Waals surface area contributed by atoms with E-state index < -0.39 is 5.82 Å². The zero-order valence-corrected chi connectivity index (χ0v) is 8.38. The predicted molar refractivity (Wildman–Crippen MR) is 55.7 cm³/mol. The Bertz CT molecular complexity index is 367. The number of aldehydes is 1. The summed E-state index contributed by atoms with van der Waals surface area (Å²) < 4.78 is 13.0. The van der Waals surface area contributed by atoms with Gasteiger partial charge in [-0.2, -0.15) is 0 Å². The van der Waals surface area contributed by atoms with Gasteiger partial charge in [0.25, 0.3) is 0 Å². The summed E-state index contributed by atoms with van der Waals surface area (Å²) in [5, 5.41) is 0. The summed E-state index contributed by atoms with van der Waals surface area (Å²) in [7, 11) is 0. The molecule has 0 aromatic heterocycles. The normalized spacial score (nSPS) is 11.5. The third-order valence-electron chi connectivity index (χ3n) is 2.22. The highest BCUT2D eigenvalue weighted by molar-refractivity contribution is 5.78. The van der Waals surface area contributed by atoms with Crippen molar-refractivity contribution in [1.29, 1.82) is 0 Å². The van der Waals surface area contributed by atoms with Crippen LogP contribution in [0, 0.1) is 5.82 Å². The lowest BCUT2D eigenvalue weighted by Crippen LogP contribution is -1.91. The van der Waals surface area contributed by atoms with Gasteiger partial charge in [-0.1, -0.05) is 19.1 Å². The predicted octanol–water partition coefficient (Wildman–Crippen LogP) is 3.45. The minimum absolute atomic E-state index is 0.121. The van der Waals surface area contributed by atoms with E-state index in [1.807, 2.05) is 19.9 Å². The van der Waals surface area contributed by atoms with Crippen LogP contribution in [0.1, 0.15) is 36.2 Å². The van der Waals surface area contributed by atoms with Crippen molar-refractivity contribution in [1.82, 2.24) is 0 Å². The molecule has 74 valence electrons. The smallest absolute Gasteiger partial charge is 0.153 e. The Morgan fingerprint density at radius 3 is 2.71 bits per heavy atom. The van der Waals surface area contributed by atoms with Crippen LogP contribution in [0.15, 0.2) is 24.3 Å². The van der Waals surface area contributed by atoms with E-state index in [0.717, 1.165) is 17.6 Å². The molecule has 0 aliphatic carbocycles. The second-order valence-electron chi connectivity index (χ2n) is 3.02. The molecule has 0 fully saturated rings. The van der Waals surface area contributed by atoms with E-state index in [9.17, 15) is 9.18 Å². The van der Waals surface area contributed by atoms with Crippen LogP contribution in [-0.4, -0.2) is 6.29 Å². The molecule has 0 saturated heterocycles. The summed E-state index contributed by atoms with van der Waals surface area (Å²) in [6, 6.07) is 4.61. The van der Waals surface area contributed by atoms with E-state index in [-0.39, 0.29) is 5.56 Å². The summed E-state index contributed by atoms with van der Waals surface area (Å²) in [5.74, 6) is -0.463. The second kappa shape index (κ2) is 4.70. The fourth-order valence-corrected chi connectivity index (χ4v) is 1.41. The standard InChI is InChI=1S/C12H13FO/c1-3-9(4-2)10-5-6-12(13)11(7-10)8-14/h3,5-8H,4H2,1-2H3/b9-3+. The molecule has 0 heterocycles. The van der Waals surface area contributed by atoms with Crippen LogP contribution in [0.4, 0.5) is 4.39 Å². The van der Waals surface area contributed by atoms with Crippen molar-refractivity contribution in [3.63, 3.8) is 0 Å². The first-order chi connectivity index (χ1) is 6.72. The molecule has 0 atom stereocenters. The first kappa shape index (κ1) is 10.6. The average Bonchev–Trinajstić information content (AvgIpc) is 2.22. The Balaban J connectivity index is 3.18. The Morgan fingerprint density at radius 2 is 2.21 bits per heavy atom. The van der Waals surface area contributed by atoms with Crippen LogP contribution in [-0.2, 0) is 0 Å². The van der Waals surface area contributed by atoms with Crippen molar-refractivity contribution in [3.8, 4) is 0 Å². The van der Waals surface area contributed by atoms with Crippen molar-refractivity contribution in [2.75, 3.05) is 0 Å². The zero-order valence-electron chi connectivity index (χ0n) is 8.38. The number of carbonyl (C=O) groups excluding carboxylic acids is 1. The quantitative estimate of drug-likeness (QED) is 0.670. The van der Waals surface area contributed by atoms with Crippen molar-refractivity contribution in [2.24, 2.45) is 0 Å². The van der Waals surface area contributed by atoms with E-state index in [1.165, 1.54) is 6.07 Å². The minimum atomic E-state index is -0.463. The lowest BCUT2D eigenvalue weighted by molar-refractivity contribution is 0.112. The molecule has 14 heavy (non-hydrogen) atoms. The van der Waals surface area contributed by atoms with Gasteiger partial charge in [-0.05, 0) is 36.6 Å². The molecule has 0 aliphatic heterocycles. The van der Waals surface area contributed by atoms with Gasteiger partial charge in [0.15, 0.2) is 6.29 Å². The zero-order chi connectivity index (χ0) is 10.6. The lowest BCUT2D eigenvalue weighted by atomic mass is 10.0. The first-order valence-corrected chi connectivity index (χ1v) is 4.63. The summed E-state index contributed by atoms with van der Waals surface area (Å²) in [4.78, 5) is 10.5. The monoisotopic (exact) mass is 192 g/mol. The summed E-state index contributed by atoms with van der Waals surface area (Å²) in [6.45, 7) is 3.96. The maximum Gasteiger partial charge on any atom is 0.153 e. The third kappa shape index (κ3) is 2.08. The molecule has 0 bridgehead atoms. The summed E-state index contributed by atoms with van der Waals surface area (Å²) in [5.41, 5.74) is 2.15. The highest BCUT2D eigenvalue weighted by atomic mass is 19.1. The second-order valence-corrected chi connectivity index (χ2v) is 3.02. The van der Waals surface area contributed by atoms with Gasteiger partial charge in [0.1, 0.15) is 5.82 Å². The van der Waals surface area contributed by atoms with Gasteiger partial charge in [0.2, 0.25) is 0 Å². The topological polar surface area (TPSA) is 17.1 Å². The van der Waals surface area contributed by atoms with Crippen LogP contribution >= 0.6 is 0 Å². The molecule has 1 nitrogen and oxygen atoms in total. The third-order valence-corrected chi connectivity index (χ3v) is 2.22. The highest BCUT2D eigenvalue weighted by Gasteiger charge is 2.04. The van der Waals surface area contributed by atoms with Crippen molar-refractivity contribution in [2.45, 2.75) is 20.3 Å². The van der Waals surface area contributed by atoms with Crippen LogP contribution in [0.3, 0.4) is 0 Å². The average molecular weight is 192 g/mol. The molecule has 0 radical (unpaired) electrons. The lowest BCUT2D eigenvalue weighted by Gasteiger charge is -2.05. The fourth-order valence-electron chi connectivity index (χ4n) is 1.41. The Labute approximate surface area is 83.3 Å². The molecule has 1 aromatic carbocycles. The Hall–Kier alpha value is -1.44. The fraction of sp³-hybridized carbons (Fsp3) is 0.250. The number of benzene rings is 1. The van der Waals surface area contributed by atoms with Crippen molar-refractivity contribution < 1.29 is 9.18 Å². The van der Waals surface area contributed by atoms with Crippen LogP contribution in [0.25, 0.3) is 5.57 Å². The molecule has 1 rings (SSSR count). The van der Waals surface area contributed by atoms with E-state index in [2.05, 4.69) is 0 Å². The molecule has 0 saturated carbocycles. The maximum atomic E-state index is 13.0. The first-order valence-electron chi connectivity index (χ1n) is 4.63. The Morgan fingerprint density at radius 1 is 1.50 bits per heavy atom. The number of carbonyl (C=O) groups is 1. The Kier molecular flexibility index (Phi) is 3.57. The van der Waals surface area contributed by atoms with Gasteiger partial charge in [0.05, 0.1) is 5.56 Å². The molecule has 0 spiro atoms. The van der Waals surface area contributed by atoms with Gasteiger partial charge in [0, 0.05) is 0 Å². The van der Waals surface area contributed by atoms with E-state index >= 15 is 0 Å². The number of hydrogen-bond acceptors (Lipinski definition) is 1.